The van der Waals surface area contributed by atoms with Gasteiger partial charge in [-0.25, -0.2) is 0 Å². The molecule has 0 aromatic rings. The number of halogens is 1. The van der Waals surface area contributed by atoms with Crippen molar-refractivity contribution in [1.29, 1.82) is 0 Å². The summed E-state index contributed by atoms with van der Waals surface area (Å²) in [7, 11) is 0. The Bertz CT molecular complexity index is 207. The molecule has 0 radical (unpaired) electrons. The first-order valence-electron chi connectivity index (χ1n) is 3.24. The summed E-state index contributed by atoms with van der Waals surface area (Å²) in [6.45, 7) is 0. The fraction of sp³-hybridized carbons (Fsp3) is 0.333. The zero-order chi connectivity index (χ0) is 7.45. The summed E-state index contributed by atoms with van der Waals surface area (Å²) in [6, 6.07) is 0. The molecule has 0 bridgehead atoms. The Kier molecular flexibility index (Phi) is 2.56. The SMILES string of the molecule is C#CCC1(I)C=CC=CC1. The summed E-state index contributed by atoms with van der Waals surface area (Å²) < 4.78 is 0.196. The first-order valence-corrected chi connectivity index (χ1v) is 4.31. The lowest BCUT2D eigenvalue weighted by atomic mass is 9.98. The number of hydrogen-bond acceptors (Lipinski definition) is 0. The maximum Gasteiger partial charge on any atom is 0.0547 e. The maximum absolute atomic E-state index is 5.23. The average Bonchev–Trinajstić information content (AvgIpc) is 1.89. The van der Waals surface area contributed by atoms with Crippen molar-refractivity contribution in [2.75, 3.05) is 0 Å². The number of allylic oxidation sites excluding steroid dienone is 4. The molecular weight excluding hydrogens is 235 g/mol. The normalized spacial score (nSPS) is 30.0. The summed E-state index contributed by atoms with van der Waals surface area (Å²) >= 11 is 2.41. The fourth-order valence-corrected chi connectivity index (χ4v) is 1.62. The van der Waals surface area contributed by atoms with Gasteiger partial charge >= 0.3 is 0 Å². The second-order valence-corrected chi connectivity index (χ2v) is 4.56. The van der Waals surface area contributed by atoms with Gasteiger partial charge in [-0.1, -0.05) is 46.9 Å². The highest BCUT2D eigenvalue weighted by Crippen LogP contribution is 2.31. The van der Waals surface area contributed by atoms with Crippen LogP contribution in [0.2, 0.25) is 0 Å². The Morgan fingerprint density at radius 1 is 1.60 bits per heavy atom. The Morgan fingerprint density at radius 2 is 2.40 bits per heavy atom. The van der Waals surface area contributed by atoms with Crippen molar-refractivity contribution < 1.29 is 0 Å². The first-order chi connectivity index (χ1) is 4.77. The van der Waals surface area contributed by atoms with E-state index in [2.05, 4.69) is 52.8 Å². The molecule has 0 heterocycles. The van der Waals surface area contributed by atoms with E-state index >= 15 is 0 Å². The number of rotatable bonds is 1. The average molecular weight is 244 g/mol. The molecule has 1 atom stereocenters. The molecule has 0 aromatic heterocycles. The molecule has 0 fully saturated rings. The highest BCUT2D eigenvalue weighted by Gasteiger charge is 2.20. The molecule has 10 heavy (non-hydrogen) atoms. The van der Waals surface area contributed by atoms with Crippen LogP contribution in [0.3, 0.4) is 0 Å². The highest BCUT2D eigenvalue weighted by molar-refractivity contribution is 14.1. The molecule has 1 aliphatic carbocycles. The van der Waals surface area contributed by atoms with Crippen molar-refractivity contribution in [2.24, 2.45) is 0 Å². The molecular formula is C9H9I. The Balaban J connectivity index is 2.63. The lowest BCUT2D eigenvalue weighted by Crippen LogP contribution is -2.16. The topological polar surface area (TPSA) is 0 Å². The van der Waals surface area contributed by atoms with Gasteiger partial charge in [-0.15, -0.1) is 12.3 Å². The number of hydrogen-bond donors (Lipinski definition) is 0. The molecule has 0 spiro atoms. The molecule has 0 aliphatic heterocycles. The first kappa shape index (κ1) is 7.87. The van der Waals surface area contributed by atoms with Crippen molar-refractivity contribution in [3.8, 4) is 12.3 Å². The molecule has 1 rings (SSSR count). The van der Waals surface area contributed by atoms with Gasteiger partial charge in [0.25, 0.3) is 0 Å². The summed E-state index contributed by atoms with van der Waals surface area (Å²) in [5.41, 5.74) is 0. The van der Waals surface area contributed by atoms with Crippen LogP contribution in [0.4, 0.5) is 0 Å². The van der Waals surface area contributed by atoms with E-state index in [1.807, 2.05) is 0 Å². The standard InChI is InChI=1S/C9H9I/c1-2-6-9(10)7-4-3-5-8-9/h1,3-5,7H,6,8H2. The third-order valence-electron chi connectivity index (χ3n) is 1.50. The third kappa shape index (κ3) is 1.88. The minimum absolute atomic E-state index is 0.196. The Morgan fingerprint density at radius 3 is 2.90 bits per heavy atom. The van der Waals surface area contributed by atoms with Crippen LogP contribution >= 0.6 is 22.6 Å². The Labute approximate surface area is 75.5 Å². The molecule has 0 amide bonds. The minimum atomic E-state index is 0.196. The van der Waals surface area contributed by atoms with Crippen molar-refractivity contribution in [3.05, 3.63) is 24.3 Å². The molecule has 0 N–H and O–H groups in total. The summed E-state index contributed by atoms with van der Waals surface area (Å²) in [5, 5.41) is 0. The van der Waals surface area contributed by atoms with Gasteiger partial charge in [-0.3, -0.25) is 0 Å². The van der Waals surface area contributed by atoms with E-state index in [0.717, 1.165) is 12.8 Å². The summed E-state index contributed by atoms with van der Waals surface area (Å²) in [5.74, 6) is 2.69. The van der Waals surface area contributed by atoms with Gasteiger partial charge in [-0.2, -0.15) is 0 Å². The van der Waals surface area contributed by atoms with Crippen LogP contribution in [0.1, 0.15) is 12.8 Å². The van der Waals surface area contributed by atoms with E-state index in [-0.39, 0.29) is 3.42 Å². The van der Waals surface area contributed by atoms with Crippen LogP contribution in [0.5, 0.6) is 0 Å². The molecule has 1 unspecified atom stereocenters. The second kappa shape index (κ2) is 3.25. The van der Waals surface area contributed by atoms with Crippen LogP contribution < -0.4 is 0 Å². The van der Waals surface area contributed by atoms with E-state index in [1.165, 1.54) is 0 Å². The van der Waals surface area contributed by atoms with Crippen LogP contribution in [0, 0.1) is 12.3 Å². The van der Waals surface area contributed by atoms with Gasteiger partial charge < -0.3 is 0 Å². The molecule has 52 valence electrons. The zero-order valence-electron chi connectivity index (χ0n) is 5.68. The van der Waals surface area contributed by atoms with Crippen molar-refractivity contribution in [1.82, 2.24) is 0 Å². The molecule has 0 aromatic carbocycles. The maximum atomic E-state index is 5.23. The van der Waals surface area contributed by atoms with Crippen LogP contribution in [-0.4, -0.2) is 3.42 Å². The third-order valence-corrected chi connectivity index (χ3v) is 2.68. The lowest BCUT2D eigenvalue weighted by molar-refractivity contribution is 0.776. The minimum Gasteiger partial charge on any atom is -0.120 e. The summed E-state index contributed by atoms with van der Waals surface area (Å²) in [6.07, 6.45) is 15.6. The van der Waals surface area contributed by atoms with E-state index in [4.69, 9.17) is 6.42 Å². The van der Waals surface area contributed by atoms with Gasteiger partial charge in [0.2, 0.25) is 0 Å². The molecule has 0 saturated heterocycles. The van der Waals surface area contributed by atoms with Crippen LogP contribution in [0.15, 0.2) is 24.3 Å². The van der Waals surface area contributed by atoms with Crippen LogP contribution in [-0.2, 0) is 0 Å². The highest BCUT2D eigenvalue weighted by atomic mass is 127. The smallest absolute Gasteiger partial charge is 0.0547 e. The summed E-state index contributed by atoms with van der Waals surface area (Å²) in [4.78, 5) is 0. The fourth-order valence-electron chi connectivity index (χ4n) is 0.939. The van der Waals surface area contributed by atoms with E-state index < -0.39 is 0 Å². The zero-order valence-corrected chi connectivity index (χ0v) is 7.84. The van der Waals surface area contributed by atoms with Gasteiger partial charge in [0, 0.05) is 6.42 Å². The van der Waals surface area contributed by atoms with Crippen molar-refractivity contribution in [3.63, 3.8) is 0 Å². The molecule has 1 heteroatoms. The van der Waals surface area contributed by atoms with E-state index in [1.54, 1.807) is 0 Å². The van der Waals surface area contributed by atoms with Crippen molar-refractivity contribution in [2.45, 2.75) is 16.3 Å². The van der Waals surface area contributed by atoms with Crippen molar-refractivity contribution >= 4 is 22.6 Å². The predicted octanol–water partition coefficient (Wildman–Crippen LogP) is 2.70. The second-order valence-electron chi connectivity index (χ2n) is 2.41. The predicted molar refractivity (Wildman–Crippen MR) is 53.1 cm³/mol. The largest absolute Gasteiger partial charge is 0.120 e. The lowest BCUT2D eigenvalue weighted by Gasteiger charge is -2.20. The number of alkyl halides is 1. The van der Waals surface area contributed by atoms with E-state index in [9.17, 15) is 0 Å². The number of terminal acetylenes is 1. The quantitative estimate of drug-likeness (QED) is 0.378. The molecule has 0 nitrogen and oxygen atoms in total. The van der Waals surface area contributed by atoms with Gasteiger partial charge in [0.15, 0.2) is 0 Å². The van der Waals surface area contributed by atoms with Gasteiger partial charge in [0.05, 0.1) is 3.42 Å². The van der Waals surface area contributed by atoms with Crippen LogP contribution in [0.25, 0.3) is 0 Å². The monoisotopic (exact) mass is 244 g/mol. The van der Waals surface area contributed by atoms with Gasteiger partial charge in [-0.05, 0) is 6.42 Å². The molecule has 0 saturated carbocycles. The molecule has 1 aliphatic rings. The van der Waals surface area contributed by atoms with E-state index in [0.29, 0.717) is 0 Å². The Hall–Kier alpha value is -0.230. The van der Waals surface area contributed by atoms with Gasteiger partial charge in [0.1, 0.15) is 0 Å².